The van der Waals surface area contributed by atoms with E-state index in [9.17, 15) is 14.4 Å². The Kier molecular flexibility index (Phi) is 2.48. The lowest BCUT2D eigenvalue weighted by atomic mass is 9.92. The summed E-state index contributed by atoms with van der Waals surface area (Å²) in [5.74, 6) is -0.899. The normalized spacial score (nSPS) is 21.7. The number of rotatable bonds is 1. The minimum absolute atomic E-state index is 0.163. The molecule has 1 saturated heterocycles. The number of fused-ring (bicyclic) bond motifs is 3. The van der Waals surface area contributed by atoms with E-state index < -0.39 is 5.92 Å². The first-order valence-corrected chi connectivity index (χ1v) is 6.89. The highest BCUT2D eigenvalue weighted by Crippen LogP contribution is 2.35. The molecule has 1 fully saturated rings. The molecular formula is C15H12N2O4. The van der Waals surface area contributed by atoms with Crippen LogP contribution in [0.25, 0.3) is 11.0 Å². The molecule has 1 unspecified atom stereocenters. The highest BCUT2D eigenvalue weighted by molar-refractivity contribution is 6.03. The van der Waals surface area contributed by atoms with Crippen molar-refractivity contribution in [3.05, 3.63) is 29.0 Å². The van der Waals surface area contributed by atoms with Crippen molar-refractivity contribution in [2.75, 3.05) is 0 Å². The molecule has 0 saturated carbocycles. The summed E-state index contributed by atoms with van der Waals surface area (Å²) in [6.45, 7) is 0. The van der Waals surface area contributed by atoms with Crippen LogP contribution in [0.1, 0.15) is 35.6 Å². The fourth-order valence-corrected chi connectivity index (χ4v) is 3.16. The van der Waals surface area contributed by atoms with Gasteiger partial charge >= 0.3 is 0 Å². The van der Waals surface area contributed by atoms with E-state index in [0.717, 1.165) is 16.5 Å². The van der Waals surface area contributed by atoms with Gasteiger partial charge in [0.1, 0.15) is 11.5 Å². The van der Waals surface area contributed by atoms with Gasteiger partial charge in [0.2, 0.25) is 11.8 Å². The van der Waals surface area contributed by atoms with E-state index in [0.29, 0.717) is 37.0 Å². The van der Waals surface area contributed by atoms with Crippen molar-refractivity contribution in [3.8, 4) is 0 Å². The molecule has 2 aliphatic rings. The lowest BCUT2D eigenvalue weighted by Crippen LogP contribution is -2.39. The molecule has 106 valence electrons. The van der Waals surface area contributed by atoms with E-state index in [1.54, 1.807) is 0 Å². The minimum atomic E-state index is -0.473. The predicted octanol–water partition coefficient (Wildman–Crippen LogP) is 1.02. The summed E-state index contributed by atoms with van der Waals surface area (Å²) in [6, 6.07) is 3.75. The molecule has 21 heavy (non-hydrogen) atoms. The van der Waals surface area contributed by atoms with Gasteiger partial charge in [0.05, 0.1) is 5.92 Å². The maximum Gasteiger partial charge on any atom is 0.235 e. The maximum atomic E-state index is 12.0. The summed E-state index contributed by atoms with van der Waals surface area (Å²) >= 11 is 0. The zero-order chi connectivity index (χ0) is 14.6. The number of imide groups is 1. The number of benzene rings is 1. The van der Waals surface area contributed by atoms with Gasteiger partial charge in [-0.15, -0.1) is 0 Å². The number of nitrogens with zero attached hydrogens (tertiary/aromatic N) is 1. The quantitative estimate of drug-likeness (QED) is 0.789. The molecule has 0 spiro atoms. The number of hydrogen-bond donors (Lipinski definition) is 1. The van der Waals surface area contributed by atoms with Crippen LogP contribution in [0.2, 0.25) is 0 Å². The van der Waals surface area contributed by atoms with Crippen LogP contribution in [0.3, 0.4) is 0 Å². The number of piperidine rings is 1. The van der Waals surface area contributed by atoms with E-state index in [1.807, 2.05) is 12.1 Å². The van der Waals surface area contributed by atoms with Crippen molar-refractivity contribution in [2.24, 2.45) is 0 Å². The zero-order valence-corrected chi connectivity index (χ0v) is 11.1. The summed E-state index contributed by atoms with van der Waals surface area (Å²) in [5.41, 5.74) is 3.00. The van der Waals surface area contributed by atoms with Gasteiger partial charge in [-0.3, -0.25) is 19.7 Å². The molecule has 1 aromatic carbocycles. The van der Waals surface area contributed by atoms with Gasteiger partial charge in [0.25, 0.3) is 0 Å². The summed E-state index contributed by atoms with van der Waals surface area (Å²) < 4.78 is 5.40. The molecule has 0 radical (unpaired) electrons. The van der Waals surface area contributed by atoms with E-state index in [2.05, 4.69) is 10.5 Å². The number of ketones is 1. The second kappa shape index (κ2) is 4.25. The van der Waals surface area contributed by atoms with Crippen LogP contribution in [0.4, 0.5) is 0 Å². The molecule has 2 heterocycles. The molecule has 1 aliphatic carbocycles. The van der Waals surface area contributed by atoms with E-state index in [1.165, 1.54) is 0 Å². The Labute approximate surface area is 119 Å². The fourth-order valence-electron chi connectivity index (χ4n) is 3.16. The van der Waals surface area contributed by atoms with Crippen molar-refractivity contribution in [1.29, 1.82) is 0 Å². The predicted molar refractivity (Wildman–Crippen MR) is 71.5 cm³/mol. The number of carbonyl (C=O) groups excluding carboxylic acids is 3. The number of Topliss-reactive ketones (excluding diaryl/α,β-unsaturated/α-hetero) is 1. The monoisotopic (exact) mass is 284 g/mol. The Balaban J connectivity index is 1.81. The van der Waals surface area contributed by atoms with Gasteiger partial charge in [-0.25, -0.2) is 0 Å². The Morgan fingerprint density at radius 3 is 2.86 bits per heavy atom. The number of aromatic nitrogens is 1. The van der Waals surface area contributed by atoms with Gasteiger partial charge in [-0.2, -0.15) is 0 Å². The lowest BCUT2D eigenvalue weighted by Gasteiger charge is -2.18. The van der Waals surface area contributed by atoms with Gasteiger partial charge in [0.15, 0.2) is 5.58 Å². The highest BCUT2D eigenvalue weighted by atomic mass is 16.5. The van der Waals surface area contributed by atoms with Crippen molar-refractivity contribution < 1.29 is 18.9 Å². The fraction of sp³-hybridized carbons (Fsp3) is 0.333. The van der Waals surface area contributed by atoms with Gasteiger partial charge in [0, 0.05) is 30.2 Å². The van der Waals surface area contributed by atoms with Crippen LogP contribution < -0.4 is 5.32 Å². The molecule has 1 N–H and O–H groups in total. The standard InChI is InChI=1S/C15H12N2O4/c18-8-5-7-1-2-9-13(17-21-14(9)11(7)6-8)10-3-4-12(19)16-15(10)20/h1-2,10H,3-6H2,(H,16,19,20). The van der Waals surface area contributed by atoms with E-state index in [-0.39, 0.29) is 17.6 Å². The third-order valence-corrected chi connectivity index (χ3v) is 4.20. The van der Waals surface area contributed by atoms with Crippen molar-refractivity contribution >= 4 is 28.6 Å². The summed E-state index contributed by atoms with van der Waals surface area (Å²) in [6.07, 6.45) is 1.52. The van der Waals surface area contributed by atoms with Crippen LogP contribution in [-0.4, -0.2) is 22.8 Å². The third kappa shape index (κ3) is 1.79. The molecule has 6 heteroatoms. The van der Waals surface area contributed by atoms with E-state index in [4.69, 9.17) is 4.52 Å². The zero-order valence-electron chi connectivity index (χ0n) is 11.1. The van der Waals surface area contributed by atoms with E-state index >= 15 is 0 Å². The number of amides is 2. The third-order valence-electron chi connectivity index (χ3n) is 4.20. The molecule has 2 aromatic rings. The van der Waals surface area contributed by atoms with Crippen molar-refractivity contribution in [3.63, 3.8) is 0 Å². The Hall–Kier alpha value is -2.50. The molecule has 0 bridgehead atoms. The molecule has 1 aliphatic heterocycles. The molecular weight excluding hydrogens is 272 g/mol. The SMILES string of the molecule is O=C1Cc2ccc3c(C4CCC(=O)NC4=O)noc3c2C1. The number of carbonyl (C=O) groups is 3. The maximum absolute atomic E-state index is 12.0. The second-order valence-corrected chi connectivity index (χ2v) is 5.54. The van der Waals surface area contributed by atoms with Gasteiger partial charge < -0.3 is 4.52 Å². The average molecular weight is 284 g/mol. The topological polar surface area (TPSA) is 89.3 Å². The highest BCUT2D eigenvalue weighted by Gasteiger charge is 2.33. The first-order valence-electron chi connectivity index (χ1n) is 6.89. The molecule has 6 nitrogen and oxygen atoms in total. The molecule has 1 atom stereocenters. The molecule has 2 amide bonds. The first kappa shape index (κ1) is 12.3. The molecule has 1 aromatic heterocycles. The van der Waals surface area contributed by atoms with Crippen LogP contribution in [0.15, 0.2) is 16.7 Å². The Morgan fingerprint density at radius 2 is 2.05 bits per heavy atom. The minimum Gasteiger partial charge on any atom is -0.356 e. The van der Waals surface area contributed by atoms with Crippen molar-refractivity contribution in [2.45, 2.75) is 31.6 Å². The van der Waals surface area contributed by atoms with Crippen LogP contribution >= 0.6 is 0 Å². The number of hydrogen-bond acceptors (Lipinski definition) is 5. The van der Waals surface area contributed by atoms with Crippen molar-refractivity contribution in [1.82, 2.24) is 10.5 Å². The summed E-state index contributed by atoms with van der Waals surface area (Å²) in [5, 5.41) is 7.13. The average Bonchev–Trinajstić information content (AvgIpc) is 3.01. The van der Waals surface area contributed by atoms with Crippen LogP contribution in [0.5, 0.6) is 0 Å². The van der Waals surface area contributed by atoms with Gasteiger partial charge in [-0.1, -0.05) is 11.2 Å². The summed E-state index contributed by atoms with van der Waals surface area (Å²) in [7, 11) is 0. The van der Waals surface area contributed by atoms with Gasteiger partial charge in [-0.05, 0) is 18.1 Å². The van der Waals surface area contributed by atoms with Crippen LogP contribution in [-0.2, 0) is 27.2 Å². The van der Waals surface area contributed by atoms with Crippen LogP contribution in [0, 0.1) is 0 Å². The first-order chi connectivity index (χ1) is 10.1. The Morgan fingerprint density at radius 1 is 1.19 bits per heavy atom. The lowest BCUT2D eigenvalue weighted by molar-refractivity contribution is -0.134. The summed E-state index contributed by atoms with van der Waals surface area (Å²) in [4.78, 5) is 34.8. The molecule has 4 rings (SSSR count). The smallest absolute Gasteiger partial charge is 0.235 e. The second-order valence-electron chi connectivity index (χ2n) is 5.54. The number of nitrogens with one attached hydrogen (secondary N) is 1. The largest absolute Gasteiger partial charge is 0.356 e. The Bertz CT molecular complexity index is 805.